The van der Waals surface area contributed by atoms with Crippen LogP contribution in [0, 0.1) is 5.82 Å². The Labute approximate surface area is 193 Å². The summed E-state index contributed by atoms with van der Waals surface area (Å²) in [5.41, 5.74) is 6.58. The summed E-state index contributed by atoms with van der Waals surface area (Å²) in [6.45, 7) is 0.756. The Hall–Kier alpha value is -4.24. The minimum atomic E-state index is -0.363. The number of hydrogen-bond donors (Lipinski definition) is 1. The number of nitrogens with zero attached hydrogens (tertiary/aromatic N) is 5. The average Bonchev–Trinajstić information content (AvgIpc) is 3.33. The smallest absolute Gasteiger partial charge is 0.291 e. The number of pyridine rings is 1. The number of benzene rings is 2. The summed E-state index contributed by atoms with van der Waals surface area (Å²) in [4.78, 5) is 17.8. The summed E-state index contributed by atoms with van der Waals surface area (Å²) < 4.78 is 23.3. The quantitative estimate of drug-likeness (QED) is 0.440. The number of nitrogens with one attached hydrogen (secondary N) is 1. The van der Waals surface area contributed by atoms with Crippen molar-refractivity contribution >= 4 is 27.5 Å². The van der Waals surface area contributed by atoms with Gasteiger partial charge >= 0.3 is 0 Å². The second-order valence-corrected chi connectivity index (χ2v) is 8.41. The van der Waals surface area contributed by atoms with Crippen molar-refractivity contribution in [2.75, 3.05) is 12.5 Å². The molecule has 34 heavy (non-hydrogen) atoms. The second-order valence-electron chi connectivity index (χ2n) is 8.41. The van der Waals surface area contributed by atoms with Gasteiger partial charge in [0.05, 0.1) is 36.2 Å². The van der Waals surface area contributed by atoms with E-state index >= 15 is 0 Å². The van der Waals surface area contributed by atoms with Gasteiger partial charge in [-0.25, -0.2) is 19.1 Å². The summed E-state index contributed by atoms with van der Waals surface area (Å²) in [6.07, 6.45) is 1.66. The Morgan fingerprint density at radius 3 is 2.79 bits per heavy atom. The molecule has 0 saturated carbocycles. The lowest BCUT2D eigenvalue weighted by molar-refractivity contribution is 0.414. The van der Waals surface area contributed by atoms with E-state index in [-0.39, 0.29) is 17.9 Å². The average molecular weight is 456 g/mol. The lowest BCUT2D eigenvalue weighted by Crippen LogP contribution is -2.24. The molecule has 1 N–H and O–H groups in total. The number of ether oxygens (including phenoxy) is 1. The number of rotatable bonds is 4. The van der Waals surface area contributed by atoms with Crippen LogP contribution >= 0.6 is 0 Å². The van der Waals surface area contributed by atoms with Crippen molar-refractivity contribution in [1.82, 2.24) is 24.3 Å². The molecular weight excluding hydrogens is 435 g/mol. The molecule has 1 aliphatic rings. The van der Waals surface area contributed by atoms with Gasteiger partial charge in [-0.05, 0) is 24.3 Å². The molecule has 4 heterocycles. The van der Waals surface area contributed by atoms with Gasteiger partial charge in [0.1, 0.15) is 17.1 Å². The summed E-state index contributed by atoms with van der Waals surface area (Å²) >= 11 is 0. The summed E-state index contributed by atoms with van der Waals surface area (Å²) in [5, 5.41) is 7.89. The van der Waals surface area contributed by atoms with Crippen molar-refractivity contribution in [1.29, 1.82) is 0 Å². The predicted molar refractivity (Wildman–Crippen MR) is 127 cm³/mol. The molecule has 2 aromatic carbocycles. The summed E-state index contributed by atoms with van der Waals surface area (Å²) in [6, 6.07) is 15.8. The molecule has 0 saturated heterocycles. The van der Waals surface area contributed by atoms with Crippen molar-refractivity contribution in [2.45, 2.75) is 13.1 Å². The standard InChI is InChI=1S/C25H21FN6O2/c1-30-14-21-20(29-30)9-10-23(28-21)34-16-7-8-17-18-12-27-32(13-15-5-3-4-6-19(15)26)25(33)24(18)31(2)22(17)11-16/h3-12,29H,13-14H2,1-2H3. The van der Waals surface area contributed by atoms with E-state index in [1.807, 2.05) is 54.0 Å². The van der Waals surface area contributed by atoms with Crippen LogP contribution in [0.5, 0.6) is 11.6 Å². The van der Waals surface area contributed by atoms with Crippen molar-refractivity contribution in [2.24, 2.45) is 7.05 Å². The molecule has 0 bridgehead atoms. The van der Waals surface area contributed by atoms with E-state index in [0.29, 0.717) is 29.3 Å². The van der Waals surface area contributed by atoms with Crippen LogP contribution < -0.4 is 15.7 Å². The Bertz CT molecular complexity index is 1640. The van der Waals surface area contributed by atoms with Gasteiger partial charge in [0.25, 0.3) is 5.56 Å². The molecule has 0 unspecified atom stereocenters. The molecule has 5 aromatic rings. The largest absolute Gasteiger partial charge is 0.439 e. The van der Waals surface area contributed by atoms with Crippen LogP contribution in [0.3, 0.4) is 0 Å². The van der Waals surface area contributed by atoms with Crippen LogP contribution in [-0.4, -0.2) is 31.4 Å². The van der Waals surface area contributed by atoms with Gasteiger partial charge in [-0.15, -0.1) is 0 Å². The first kappa shape index (κ1) is 20.4. The number of hydrazine groups is 1. The monoisotopic (exact) mass is 456 g/mol. The lowest BCUT2D eigenvalue weighted by Gasteiger charge is -2.07. The molecule has 3 aromatic heterocycles. The number of hydrogen-bond acceptors (Lipinski definition) is 6. The van der Waals surface area contributed by atoms with Gasteiger partial charge in [-0.3, -0.25) is 4.79 Å². The Balaban J connectivity index is 1.38. The minimum absolute atomic E-state index is 0.0609. The van der Waals surface area contributed by atoms with Crippen molar-refractivity contribution in [3.05, 3.63) is 88.2 Å². The third kappa shape index (κ3) is 3.29. The van der Waals surface area contributed by atoms with E-state index in [9.17, 15) is 9.18 Å². The third-order valence-electron chi connectivity index (χ3n) is 6.12. The number of halogens is 1. The van der Waals surface area contributed by atoms with Gasteiger partial charge in [-0.2, -0.15) is 5.10 Å². The molecule has 0 amide bonds. The first-order chi connectivity index (χ1) is 16.5. The Kier molecular flexibility index (Phi) is 4.59. The second kappa shape index (κ2) is 7.67. The van der Waals surface area contributed by atoms with Crippen molar-refractivity contribution < 1.29 is 9.13 Å². The van der Waals surface area contributed by atoms with Gasteiger partial charge in [0.15, 0.2) is 0 Å². The maximum Gasteiger partial charge on any atom is 0.291 e. The number of aryl methyl sites for hydroxylation is 1. The molecule has 0 atom stereocenters. The Morgan fingerprint density at radius 1 is 1.09 bits per heavy atom. The fourth-order valence-electron chi connectivity index (χ4n) is 4.45. The van der Waals surface area contributed by atoms with Crippen LogP contribution in [0.15, 0.2) is 65.6 Å². The molecule has 0 radical (unpaired) electrons. The van der Waals surface area contributed by atoms with Gasteiger partial charge in [0, 0.05) is 42.6 Å². The third-order valence-corrected chi connectivity index (χ3v) is 6.12. The molecule has 1 aliphatic heterocycles. The fourth-order valence-corrected chi connectivity index (χ4v) is 4.45. The van der Waals surface area contributed by atoms with Crippen LogP contribution in [0.4, 0.5) is 10.1 Å². The van der Waals surface area contributed by atoms with E-state index in [4.69, 9.17) is 4.74 Å². The van der Waals surface area contributed by atoms with E-state index in [0.717, 1.165) is 27.7 Å². The summed E-state index contributed by atoms with van der Waals surface area (Å²) in [7, 11) is 3.79. The van der Waals surface area contributed by atoms with Crippen LogP contribution in [0.2, 0.25) is 0 Å². The highest BCUT2D eigenvalue weighted by molar-refractivity contribution is 6.07. The molecule has 0 fully saturated rings. The van der Waals surface area contributed by atoms with Crippen molar-refractivity contribution in [3.63, 3.8) is 0 Å². The van der Waals surface area contributed by atoms with Gasteiger partial charge in [0.2, 0.25) is 5.88 Å². The van der Waals surface area contributed by atoms with E-state index in [2.05, 4.69) is 15.5 Å². The fraction of sp³-hybridized carbons (Fsp3) is 0.160. The summed E-state index contributed by atoms with van der Waals surface area (Å²) in [5.74, 6) is 0.755. The normalized spacial score (nSPS) is 13.4. The highest BCUT2D eigenvalue weighted by atomic mass is 19.1. The molecule has 0 spiro atoms. The topological polar surface area (TPSA) is 77.2 Å². The molecule has 9 heteroatoms. The van der Waals surface area contributed by atoms with Crippen molar-refractivity contribution in [3.8, 4) is 11.6 Å². The van der Waals surface area contributed by atoms with Crippen LogP contribution in [0.25, 0.3) is 21.8 Å². The maximum absolute atomic E-state index is 14.1. The first-order valence-electron chi connectivity index (χ1n) is 10.8. The number of aromatic nitrogens is 4. The molecule has 0 aliphatic carbocycles. The zero-order valence-electron chi connectivity index (χ0n) is 18.6. The molecule has 6 rings (SSSR count). The SMILES string of the molecule is CN1Cc2nc(Oc3ccc4c5cnn(Cc6ccccc6F)c(=O)c5n(C)c4c3)ccc2N1. The van der Waals surface area contributed by atoms with E-state index in [1.165, 1.54) is 10.7 Å². The highest BCUT2D eigenvalue weighted by Gasteiger charge is 2.18. The van der Waals surface area contributed by atoms with Crippen LogP contribution in [0.1, 0.15) is 11.3 Å². The molecular formula is C25H21FN6O2. The van der Waals surface area contributed by atoms with Gasteiger partial charge < -0.3 is 14.7 Å². The molecule has 8 nitrogen and oxygen atoms in total. The number of anilines is 1. The zero-order valence-corrected chi connectivity index (χ0v) is 18.6. The first-order valence-corrected chi connectivity index (χ1v) is 10.8. The number of fused-ring (bicyclic) bond motifs is 4. The highest BCUT2D eigenvalue weighted by Crippen LogP contribution is 2.32. The molecule has 170 valence electrons. The van der Waals surface area contributed by atoms with Gasteiger partial charge in [-0.1, -0.05) is 18.2 Å². The van der Waals surface area contributed by atoms with Crippen LogP contribution in [-0.2, 0) is 20.1 Å². The maximum atomic E-state index is 14.1. The predicted octanol–water partition coefficient (Wildman–Crippen LogP) is 4.04. The van der Waals surface area contributed by atoms with E-state index in [1.54, 1.807) is 24.4 Å². The lowest BCUT2D eigenvalue weighted by atomic mass is 10.2. The Morgan fingerprint density at radius 2 is 1.94 bits per heavy atom. The zero-order chi connectivity index (χ0) is 23.4. The van der Waals surface area contributed by atoms with E-state index < -0.39 is 0 Å². The minimum Gasteiger partial charge on any atom is -0.439 e.